The predicted molar refractivity (Wildman–Crippen MR) is 75.1 cm³/mol. The van der Waals surface area contributed by atoms with E-state index in [-0.39, 0.29) is 18.3 Å². The van der Waals surface area contributed by atoms with Crippen molar-refractivity contribution in [1.82, 2.24) is 10.6 Å². The monoisotopic (exact) mass is 282 g/mol. The fourth-order valence-corrected chi connectivity index (χ4v) is 2.60. The minimum absolute atomic E-state index is 0. The van der Waals surface area contributed by atoms with Gasteiger partial charge in [-0.05, 0) is 12.8 Å². The first-order valence-corrected chi connectivity index (χ1v) is 7.05. The van der Waals surface area contributed by atoms with E-state index in [0.717, 1.165) is 44.0 Å². The van der Waals surface area contributed by atoms with Crippen LogP contribution in [0.25, 0.3) is 0 Å². The lowest BCUT2D eigenvalue weighted by molar-refractivity contribution is -0.121. The molecule has 1 fully saturated rings. The lowest BCUT2D eigenvalue weighted by Crippen LogP contribution is -2.41. The third kappa shape index (κ3) is 8.71. The molecule has 1 heterocycles. The highest BCUT2D eigenvalue weighted by Gasteiger charge is 2.15. The molecule has 1 aliphatic heterocycles. The van der Waals surface area contributed by atoms with Gasteiger partial charge in [-0.1, -0.05) is 0 Å². The molecule has 102 valence electrons. The number of halogens is 1. The van der Waals surface area contributed by atoms with Gasteiger partial charge in [0.1, 0.15) is 0 Å². The molecule has 17 heavy (non-hydrogen) atoms. The van der Waals surface area contributed by atoms with Crippen molar-refractivity contribution in [2.24, 2.45) is 0 Å². The second kappa shape index (κ2) is 11.1. The molecule has 1 amide bonds. The molecule has 0 saturated carbocycles. The second-order valence-electron chi connectivity index (χ2n) is 3.98. The van der Waals surface area contributed by atoms with Crippen LogP contribution in [0.2, 0.25) is 0 Å². The van der Waals surface area contributed by atoms with Crippen LogP contribution in [0.3, 0.4) is 0 Å². The van der Waals surface area contributed by atoms with Crippen LogP contribution in [0.15, 0.2) is 0 Å². The number of rotatable bonds is 7. The summed E-state index contributed by atoms with van der Waals surface area (Å²) in [6.45, 7) is 2.56. The van der Waals surface area contributed by atoms with Gasteiger partial charge >= 0.3 is 0 Å². The zero-order valence-electron chi connectivity index (χ0n) is 10.4. The zero-order valence-corrected chi connectivity index (χ0v) is 12.0. The number of ether oxygens (including phenoxy) is 1. The topological polar surface area (TPSA) is 50.4 Å². The Morgan fingerprint density at radius 3 is 3.00 bits per heavy atom. The number of hydrogen-bond donors (Lipinski definition) is 2. The molecule has 1 saturated heterocycles. The van der Waals surface area contributed by atoms with Crippen LogP contribution in [-0.2, 0) is 9.53 Å². The Labute approximate surface area is 114 Å². The Morgan fingerprint density at radius 2 is 2.35 bits per heavy atom. The summed E-state index contributed by atoms with van der Waals surface area (Å²) < 4.78 is 4.94. The van der Waals surface area contributed by atoms with Gasteiger partial charge in [-0.3, -0.25) is 4.79 Å². The number of hydrogen-bond acceptors (Lipinski definition) is 4. The van der Waals surface area contributed by atoms with Crippen molar-refractivity contribution in [3.05, 3.63) is 0 Å². The van der Waals surface area contributed by atoms with Crippen molar-refractivity contribution in [3.8, 4) is 0 Å². The van der Waals surface area contributed by atoms with Crippen LogP contribution in [0.1, 0.15) is 19.3 Å². The number of amides is 1. The SMILES string of the molecule is COCCCCNC(=O)CC1CSCCN1.Cl. The maximum absolute atomic E-state index is 11.6. The van der Waals surface area contributed by atoms with E-state index in [4.69, 9.17) is 4.74 Å². The van der Waals surface area contributed by atoms with Gasteiger partial charge < -0.3 is 15.4 Å². The van der Waals surface area contributed by atoms with Gasteiger partial charge in [0.05, 0.1) is 0 Å². The molecule has 1 unspecified atom stereocenters. The summed E-state index contributed by atoms with van der Waals surface area (Å²) in [5, 5.41) is 6.30. The average Bonchev–Trinajstić information content (AvgIpc) is 2.30. The first-order valence-electron chi connectivity index (χ1n) is 5.89. The average molecular weight is 283 g/mol. The Balaban J connectivity index is 0.00000256. The van der Waals surface area contributed by atoms with Gasteiger partial charge in [0.2, 0.25) is 5.91 Å². The number of unbranched alkanes of at least 4 members (excludes halogenated alkanes) is 1. The fourth-order valence-electron chi connectivity index (χ4n) is 1.65. The van der Waals surface area contributed by atoms with Crippen molar-refractivity contribution in [3.63, 3.8) is 0 Å². The Morgan fingerprint density at radius 1 is 1.53 bits per heavy atom. The van der Waals surface area contributed by atoms with Gasteiger partial charge in [0.25, 0.3) is 0 Å². The van der Waals surface area contributed by atoms with Gasteiger partial charge in [-0.25, -0.2) is 0 Å². The van der Waals surface area contributed by atoms with Crippen LogP contribution in [0, 0.1) is 0 Å². The maximum atomic E-state index is 11.6. The third-order valence-corrected chi connectivity index (χ3v) is 3.66. The Kier molecular flexibility index (Phi) is 11.2. The van der Waals surface area contributed by atoms with Crippen molar-refractivity contribution in [2.75, 3.05) is 38.3 Å². The predicted octanol–water partition coefficient (Wildman–Crippen LogP) is 1.05. The van der Waals surface area contributed by atoms with Crippen LogP contribution < -0.4 is 10.6 Å². The summed E-state index contributed by atoms with van der Waals surface area (Å²) in [5.41, 5.74) is 0. The molecule has 0 spiro atoms. The lowest BCUT2D eigenvalue weighted by Gasteiger charge is -2.22. The first kappa shape index (κ1) is 17.0. The van der Waals surface area contributed by atoms with Crippen molar-refractivity contribution < 1.29 is 9.53 Å². The minimum atomic E-state index is 0. The van der Waals surface area contributed by atoms with Crippen molar-refractivity contribution in [1.29, 1.82) is 0 Å². The lowest BCUT2D eigenvalue weighted by atomic mass is 10.2. The standard InChI is InChI=1S/C11H22N2O2S.ClH/c1-15-6-3-2-4-13-11(14)8-10-9-16-7-5-12-10;/h10,12H,2-9H2,1H3,(H,13,14);1H. The van der Waals surface area contributed by atoms with Crippen LogP contribution >= 0.6 is 24.2 Å². The van der Waals surface area contributed by atoms with E-state index >= 15 is 0 Å². The van der Waals surface area contributed by atoms with Crippen molar-refractivity contribution in [2.45, 2.75) is 25.3 Å². The van der Waals surface area contributed by atoms with E-state index in [1.54, 1.807) is 7.11 Å². The van der Waals surface area contributed by atoms with Crippen LogP contribution in [0.4, 0.5) is 0 Å². The molecule has 1 rings (SSSR count). The summed E-state index contributed by atoms with van der Waals surface area (Å²) in [4.78, 5) is 11.6. The molecule has 6 heteroatoms. The number of nitrogens with one attached hydrogen (secondary N) is 2. The molecule has 0 radical (unpaired) electrons. The number of methoxy groups -OCH3 is 1. The summed E-state index contributed by atoms with van der Waals surface area (Å²) in [6.07, 6.45) is 2.61. The smallest absolute Gasteiger partial charge is 0.221 e. The van der Waals surface area contributed by atoms with E-state index in [1.165, 1.54) is 0 Å². The van der Waals surface area contributed by atoms with Gasteiger partial charge in [-0.15, -0.1) is 12.4 Å². The highest BCUT2D eigenvalue weighted by atomic mass is 35.5. The zero-order chi connectivity index (χ0) is 11.6. The van der Waals surface area contributed by atoms with E-state index in [9.17, 15) is 4.79 Å². The molecular formula is C11H23ClN2O2S. The van der Waals surface area contributed by atoms with Gasteiger partial charge in [0.15, 0.2) is 0 Å². The molecular weight excluding hydrogens is 260 g/mol. The van der Waals surface area contributed by atoms with Gasteiger partial charge in [0, 0.05) is 50.8 Å². The van der Waals surface area contributed by atoms with Crippen molar-refractivity contribution >= 4 is 30.1 Å². The molecule has 1 aliphatic rings. The van der Waals surface area contributed by atoms with Gasteiger partial charge in [-0.2, -0.15) is 11.8 Å². The van der Waals surface area contributed by atoms with Crippen LogP contribution in [0.5, 0.6) is 0 Å². The summed E-state index contributed by atoms with van der Waals surface area (Å²) in [7, 11) is 1.70. The molecule has 0 aliphatic carbocycles. The van der Waals surface area contributed by atoms with Crippen LogP contribution in [-0.4, -0.2) is 50.3 Å². The molecule has 1 atom stereocenters. The molecule has 4 nitrogen and oxygen atoms in total. The Hall–Kier alpha value is 0.0300. The number of thioether (sulfide) groups is 1. The highest BCUT2D eigenvalue weighted by Crippen LogP contribution is 2.09. The fraction of sp³-hybridized carbons (Fsp3) is 0.909. The summed E-state index contributed by atoms with van der Waals surface area (Å²) in [6, 6.07) is 0.359. The molecule has 2 N–H and O–H groups in total. The molecule has 0 aromatic carbocycles. The quantitative estimate of drug-likeness (QED) is 0.686. The number of carbonyl (C=O) groups excluding carboxylic acids is 1. The molecule has 0 aromatic heterocycles. The second-order valence-corrected chi connectivity index (χ2v) is 5.13. The largest absolute Gasteiger partial charge is 0.385 e. The highest BCUT2D eigenvalue weighted by molar-refractivity contribution is 7.99. The normalized spacial score (nSPS) is 19.5. The maximum Gasteiger partial charge on any atom is 0.221 e. The van der Waals surface area contributed by atoms with E-state index in [2.05, 4.69) is 10.6 Å². The Bertz CT molecular complexity index is 202. The third-order valence-electron chi connectivity index (χ3n) is 2.53. The first-order chi connectivity index (χ1) is 7.83. The van der Waals surface area contributed by atoms with E-state index in [1.807, 2.05) is 11.8 Å². The van der Waals surface area contributed by atoms with E-state index < -0.39 is 0 Å². The van der Waals surface area contributed by atoms with E-state index in [0.29, 0.717) is 12.5 Å². The molecule has 0 bridgehead atoms. The summed E-state index contributed by atoms with van der Waals surface area (Å²) in [5.74, 6) is 2.38. The number of carbonyl (C=O) groups is 1. The molecule has 0 aromatic rings. The minimum Gasteiger partial charge on any atom is -0.385 e. The summed E-state index contributed by atoms with van der Waals surface area (Å²) >= 11 is 1.92.